The van der Waals surface area contributed by atoms with Gasteiger partial charge in [-0.3, -0.25) is 9.52 Å². The van der Waals surface area contributed by atoms with Crippen LogP contribution in [0.2, 0.25) is 0 Å². The summed E-state index contributed by atoms with van der Waals surface area (Å²) in [5.74, 6) is -3.18. The number of anilines is 1. The van der Waals surface area contributed by atoms with Crippen molar-refractivity contribution < 1.29 is 35.2 Å². The Morgan fingerprint density at radius 3 is 2.41 bits per heavy atom. The number of alkyl halides is 3. The van der Waals surface area contributed by atoms with E-state index in [2.05, 4.69) is 31.1 Å². The molecule has 216 valence electrons. The molecule has 1 aliphatic carbocycles. The third-order valence-electron chi connectivity index (χ3n) is 6.76. The number of nitrogens with one attached hydrogen (secondary N) is 2. The fourth-order valence-corrected chi connectivity index (χ4v) is 6.08. The van der Waals surface area contributed by atoms with E-state index >= 15 is 0 Å². The van der Waals surface area contributed by atoms with Crippen LogP contribution in [0.15, 0.2) is 53.1 Å². The van der Waals surface area contributed by atoms with Gasteiger partial charge in [-0.2, -0.15) is 18.3 Å². The Labute approximate surface area is 239 Å². The third kappa shape index (κ3) is 5.94. The van der Waals surface area contributed by atoms with Gasteiger partial charge < -0.3 is 5.32 Å². The zero-order valence-electron chi connectivity index (χ0n) is 21.3. The molecule has 0 atom stereocenters. The minimum absolute atomic E-state index is 0.00295. The van der Waals surface area contributed by atoms with Crippen LogP contribution in [0, 0.1) is 11.6 Å². The lowest BCUT2D eigenvalue weighted by Gasteiger charge is -2.16. The summed E-state index contributed by atoms with van der Waals surface area (Å²) in [6.07, 6.45) is -2.67. The van der Waals surface area contributed by atoms with E-state index in [1.165, 1.54) is 42.0 Å². The van der Waals surface area contributed by atoms with E-state index in [-0.39, 0.29) is 27.3 Å². The number of hydrogen-bond acceptors (Lipinski definition) is 4. The Balaban J connectivity index is 1.52. The molecule has 2 heterocycles. The highest BCUT2D eigenvalue weighted by Gasteiger charge is 2.38. The van der Waals surface area contributed by atoms with Crippen molar-refractivity contribution in [1.82, 2.24) is 14.9 Å². The Hall–Kier alpha value is -3.52. The molecule has 1 fully saturated rings. The van der Waals surface area contributed by atoms with Crippen LogP contribution in [0.1, 0.15) is 45.8 Å². The Morgan fingerprint density at radius 2 is 1.80 bits per heavy atom. The molecule has 0 bridgehead atoms. The number of benzene rings is 2. The second-order valence-corrected chi connectivity index (χ2v) is 12.3. The van der Waals surface area contributed by atoms with Crippen molar-refractivity contribution in [2.45, 2.75) is 31.4 Å². The van der Waals surface area contributed by atoms with Gasteiger partial charge in [-0.25, -0.2) is 21.7 Å². The lowest BCUT2D eigenvalue weighted by atomic mass is 10.0. The smallest absolute Gasteiger partial charge is 0.355 e. The highest BCUT2D eigenvalue weighted by atomic mass is 79.9. The van der Waals surface area contributed by atoms with Gasteiger partial charge in [0.2, 0.25) is 10.0 Å². The molecule has 41 heavy (non-hydrogen) atoms. The van der Waals surface area contributed by atoms with Crippen LogP contribution < -0.4 is 10.0 Å². The summed E-state index contributed by atoms with van der Waals surface area (Å²) in [5, 5.41) is 7.04. The molecule has 0 radical (unpaired) electrons. The number of fused-ring (bicyclic) bond motifs is 1. The predicted octanol–water partition coefficient (Wildman–Crippen LogP) is 6.28. The number of pyridine rings is 1. The number of carbonyl (C=O) groups excluding carboxylic acids is 1. The van der Waals surface area contributed by atoms with Crippen molar-refractivity contribution in [1.29, 1.82) is 0 Å². The molecule has 0 saturated heterocycles. The number of aryl methyl sites for hydroxylation is 1. The molecule has 7 nitrogen and oxygen atoms in total. The van der Waals surface area contributed by atoms with Gasteiger partial charge in [-0.05, 0) is 88.6 Å². The van der Waals surface area contributed by atoms with Crippen LogP contribution in [0.3, 0.4) is 0 Å². The minimum Gasteiger partial charge on any atom is -0.355 e. The van der Waals surface area contributed by atoms with Crippen LogP contribution in [-0.4, -0.2) is 36.7 Å². The third-order valence-corrected chi connectivity index (χ3v) is 8.65. The molecule has 5 rings (SSSR count). The minimum atomic E-state index is -5.02. The molecular weight excluding hydrogens is 635 g/mol. The first-order valence-electron chi connectivity index (χ1n) is 12.4. The first-order chi connectivity index (χ1) is 19.3. The molecule has 14 heteroatoms. The van der Waals surface area contributed by atoms with Crippen LogP contribution in [0.5, 0.6) is 0 Å². The molecule has 2 aromatic carbocycles. The van der Waals surface area contributed by atoms with E-state index < -0.39 is 57.0 Å². The summed E-state index contributed by atoms with van der Waals surface area (Å²) in [7, 11) is -2.76. The van der Waals surface area contributed by atoms with Gasteiger partial charge in [0.05, 0.1) is 38.8 Å². The zero-order valence-corrected chi connectivity index (χ0v) is 23.7. The maximum absolute atomic E-state index is 14.3. The topological polar surface area (TPSA) is 92.6 Å². The average molecular weight is 657 g/mol. The summed E-state index contributed by atoms with van der Waals surface area (Å²) < 4.78 is 98.0. The Bertz CT molecular complexity index is 1770. The summed E-state index contributed by atoms with van der Waals surface area (Å²) in [4.78, 5) is 12.9. The Kier molecular flexibility index (Phi) is 7.57. The highest BCUT2D eigenvalue weighted by molar-refractivity contribution is 9.10. The van der Waals surface area contributed by atoms with E-state index in [4.69, 9.17) is 0 Å². The molecule has 0 spiro atoms. The molecule has 2 aromatic heterocycles. The number of halogens is 6. The van der Waals surface area contributed by atoms with Gasteiger partial charge in [0.25, 0.3) is 5.91 Å². The van der Waals surface area contributed by atoms with Crippen molar-refractivity contribution in [3.05, 3.63) is 87.0 Å². The van der Waals surface area contributed by atoms with Crippen molar-refractivity contribution >= 4 is 43.1 Å². The van der Waals surface area contributed by atoms with E-state index in [0.717, 1.165) is 25.0 Å². The largest absolute Gasteiger partial charge is 0.419 e. The van der Waals surface area contributed by atoms with Crippen LogP contribution in [0.25, 0.3) is 16.8 Å². The van der Waals surface area contributed by atoms with Crippen molar-refractivity contribution in [2.75, 3.05) is 17.5 Å². The predicted molar refractivity (Wildman–Crippen MR) is 146 cm³/mol. The number of sulfonamides is 1. The molecule has 1 saturated carbocycles. The maximum atomic E-state index is 14.3. The van der Waals surface area contributed by atoms with E-state index in [1.807, 2.05) is 0 Å². The van der Waals surface area contributed by atoms with Crippen molar-refractivity contribution in [3.63, 3.8) is 0 Å². The molecule has 1 aliphatic rings. The summed E-state index contributed by atoms with van der Waals surface area (Å²) in [6.45, 7) is 0. The first kappa shape index (κ1) is 29.0. The van der Waals surface area contributed by atoms with Crippen LogP contribution >= 0.6 is 15.9 Å². The number of carbonyl (C=O) groups is 1. The lowest BCUT2D eigenvalue weighted by Crippen LogP contribution is -2.21. The Morgan fingerprint density at radius 1 is 1.12 bits per heavy atom. The number of aromatic nitrogens is 2. The quantitative estimate of drug-likeness (QED) is 0.218. The fourth-order valence-electron chi connectivity index (χ4n) is 4.65. The second-order valence-electron chi connectivity index (χ2n) is 9.62. The number of hydrogen-bond donors (Lipinski definition) is 2. The SMILES string of the molecule is CNC(=O)c1c(-c2ccc(F)cc2)nn2cc(NS(=O)(=O)CCc3ccc(Br)c(F)c3C(F)(F)F)c(C3CC3)cc12. The summed E-state index contributed by atoms with van der Waals surface area (Å²) in [6, 6.07) is 9.18. The standard InChI is InChI=1S/C27H22BrF5N4O3S/c1-34-26(38)22-21-12-18(14-2-3-14)20(13-37(21)35-25(22)16-4-7-17(29)8-5-16)36-41(39,40)11-10-15-6-9-19(28)24(30)23(15)27(31,32)33/h4-9,12-14,36H,2-3,10-11H2,1H3,(H,34,38). The zero-order chi connectivity index (χ0) is 29.7. The molecule has 0 unspecified atom stereocenters. The van der Waals surface area contributed by atoms with Gasteiger partial charge in [-0.15, -0.1) is 0 Å². The van der Waals surface area contributed by atoms with Gasteiger partial charge in [0, 0.05) is 12.6 Å². The molecule has 4 aromatic rings. The van der Waals surface area contributed by atoms with E-state index in [0.29, 0.717) is 16.6 Å². The first-order valence-corrected chi connectivity index (χ1v) is 14.8. The van der Waals surface area contributed by atoms with Gasteiger partial charge in [-0.1, -0.05) is 6.07 Å². The number of nitrogens with zero attached hydrogens (tertiary/aromatic N) is 2. The average Bonchev–Trinajstić information content (AvgIpc) is 3.68. The van der Waals surface area contributed by atoms with E-state index in [1.54, 1.807) is 6.07 Å². The van der Waals surface area contributed by atoms with Gasteiger partial charge in [0.15, 0.2) is 0 Å². The van der Waals surface area contributed by atoms with Crippen LogP contribution in [0.4, 0.5) is 27.6 Å². The molecular formula is C27H22BrF5N4O3S. The van der Waals surface area contributed by atoms with E-state index in [9.17, 15) is 35.2 Å². The normalized spacial score (nSPS) is 13.9. The van der Waals surface area contributed by atoms with Gasteiger partial charge in [0.1, 0.15) is 17.3 Å². The van der Waals surface area contributed by atoms with Crippen LogP contribution in [-0.2, 0) is 22.6 Å². The van der Waals surface area contributed by atoms with Gasteiger partial charge >= 0.3 is 6.18 Å². The summed E-state index contributed by atoms with van der Waals surface area (Å²) in [5.41, 5.74) is 0.0774. The number of amides is 1. The molecule has 2 N–H and O–H groups in total. The lowest BCUT2D eigenvalue weighted by molar-refractivity contribution is -0.140. The summed E-state index contributed by atoms with van der Waals surface area (Å²) >= 11 is 2.74. The number of rotatable bonds is 8. The van der Waals surface area contributed by atoms with Crippen molar-refractivity contribution in [3.8, 4) is 11.3 Å². The molecule has 0 aliphatic heterocycles. The second kappa shape index (κ2) is 10.7. The van der Waals surface area contributed by atoms with Crippen molar-refractivity contribution in [2.24, 2.45) is 0 Å². The fraction of sp³-hybridized carbons (Fsp3) is 0.259. The maximum Gasteiger partial charge on any atom is 0.419 e. The monoisotopic (exact) mass is 656 g/mol. The highest BCUT2D eigenvalue weighted by Crippen LogP contribution is 2.45. The molecule has 1 amide bonds.